The molecule has 1 heterocycles. The van der Waals surface area contributed by atoms with Crippen LogP contribution in [0.25, 0.3) is 0 Å². The first-order valence-electron chi connectivity index (χ1n) is 2.66. The molecule has 2 nitrogen and oxygen atoms in total. The van der Waals surface area contributed by atoms with E-state index < -0.39 is 0 Å². The monoisotopic (exact) mass is 177 g/mol. The van der Waals surface area contributed by atoms with Gasteiger partial charge in [-0.2, -0.15) is 0 Å². The fourth-order valence-corrected chi connectivity index (χ4v) is 0.871. The minimum absolute atomic E-state index is 0.308. The second kappa shape index (κ2) is 3.76. The van der Waals surface area contributed by atoms with Crippen LogP contribution in [-0.4, -0.2) is 4.98 Å². The molecule has 0 radical (unpaired) electrons. The fraction of sp³-hybridized carbons (Fsp3) is 0.167. The van der Waals surface area contributed by atoms with Crippen LogP contribution >= 0.6 is 23.5 Å². The fourth-order valence-electron chi connectivity index (χ4n) is 0.580. The maximum Gasteiger partial charge on any atom is 0.0948 e. The molecular formula is C6H5Cl2NO. The highest BCUT2D eigenvalue weighted by atomic mass is 35.5. The predicted molar refractivity (Wildman–Crippen MR) is 39.9 cm³/mol. The highest BCUT2D eigenvalue weighted by molar-refractivity contribution is 6.31. The number of hydrogen-bond donors (Lipinski definition) is 0. The minimum Gasteiger partial charge on any atom is -0.274 e. The molecule has 0 unspecified atom stereocenters. The number of rotatable bonds is 2. The van der Waals surface area contributed by atoms with Crippen molar-refractivity contribution in [2.45, 2.75) is 6.61 Å². The average Bonchev–Trinajstić information content (AvgIpc) is 1.94. The Hall–Kier alpha value is -0.310. The summed E-state index contributed by atoms with van der Waals surface area (Å²) < 4.78 is 4.37. The van der Waals surface area contributed by atoms with Crippen LogP contribution in [0.4, 0.5) is 0 Å². The van der Waals surface area contributed by atoms with Crippen molar-refractivity contribution < 1.29 is 4.29 Å². The van der Waals surface area contributed by atoms with E-state index in [1.54, 1.807) is 18.5 Å². The molecule has 0 amide bonds. The molecule has 0 aromatic carbocycles. The van der Waals surface area contributed by atoms with Crippen LogP contribution in [0.5, 0.6) is 0 Å². The molecule has 1 aromatic heterocycles. The van der Waals surface area contributed by atoms with E-state index in [4.69, 9.17) is 23.5 Å². The Bertz CT molecular complexity index is 217. The van der Waals surface area contributed by atoms with E-state index in [1.807, 2.05) is 0 Å². The maximum atomic E-state index is 5.70. The van der Waals surface area contributed by atoms with Crippen molar-refractivity contribution in [1.82, 2.24) is 4.98 Å². The Labute approximate surface area is 68.9 Å². The van der Waals surface area contributed by atoms with Crippen LogP contribution in [0.3, 0.4) is 0 Å². The summed E-state index contributed by atoms with van der Waals surface area (Å²) in [5.74, 6) is 0. The first-order valence-corrected chi connectivity index (χ1v) is 3.35. The second-order valence-corrected chi connectivity index (χ2v) is 2.35. The van der Waals surface area contributed by atoms with Gasteiger partial charge in [-0.25, -0.2) is 0 Å². The SMILES string of the molecule is ClOCc1ccncc1Cl. The normalized spacial score (nSPS) is 9.80. The summed E-state index contributed by atoms with van der Waals surface area (Å²) in [5, 5.41) is 0.572. The first kappa shape index (κ1) is 7.79. The predicted octanol–water partition coefficient (Wildman–Crippen LogP) is 2.41. The quantitative estimate of drug-likeness (QED) is 0.693. The molecule has 10 heavy (non-hydrogen) atoms. The molecule has 0 bridgehead atoms. The van der Waals surface area contributed by atoms with E-state index in [2.05, 4.69) is 9.27 Å². The van der Waals surface area contributed by atoms with Gasteiger partial charge in [0.2, 0.25) is 0 Å². The van der Waals surface area contributed by atoms with E-state index in [-0.39, 0.29) is 0 Å². The van der Waals surface area contributed by atoms with Crippen molar-refractivity contribution in [2.75, 3.05) is 0 Å². The molecular weight excluding hydrogens is 173 g/mol. The van der Waals surface area contributed by atoms with Gasteiger partial charge in [0, 0.05) is 18.0 Å². The number of nitrogens with zero attached hydrogens (tertiary/aromatic N) is 1. The zero-order chi connectivity index (χ0) is 7.40. The summed E-state index contributed by atoms with van der Waals surface area (Å²) in [7, 11) is 0. The Morgan fingerprint density at radius 2 is 2.40 bits per heavy atom. The van der Waals surface area contributed by atoms with Crippen LogP contribution in [0.1, 0.15) is 5.56 Å². The standard InChI is InChI=1S/C6H5Cl2NO/c7-6-3-9-2-1-5(6)4-10-8/h1-3H,4H2. The lowest BCUT2D eigenvalue weighted by Gasteiger charge is -1.97. The molecule has 0 atom stereocenters. The molecule has 0 saturated heterocycles. The highest BCUT2D eigenvalue weighted by Crippen LogP contribution is 2.14. The van der Waals surface area contributed by atoms with E-state index in [0.29, 0.717) is 11.6 Å². The van der Waals surface area contributed by atoms with E-state index in [1.165, 1.54) is 0 Å². The van der Waals surface area contributed by atoms with Gasteiger partial charge in [-0.3, -0.25) is 9.27 Å². The van der Waals surface area contributed by atoms with Gasteiger partial charge >= 0.3 is 0 Å². The number of aromatic nitrogens is 1. The zero-order valence-electron chi connectivity index (χ0n) is 5.05. The third kappa shape index (κ3) is 1.84. The molecule has 0 N–H and O–H groups in total. The van der Waals surface area contributed by atoms with Crippen molar-refractivity contribution in [3.63, 3.8) is 0 Å². The molecule has 0 aliphatic heterocycles. The van der Waals surface area contributed by atoms with Crippen molar-refractivity contribution >= 4 is 23.5 Å². The summed E-state index contributed by atoms with van der Waals surface area (Å²) >= 11 is 10.7. The molecule has 54 valence electrons. The van der Waals surface area contributed by atoms with Gasteiger partial charge in [0.1, 0.15) is 0 Å². The minimum atomic E-state index is 0.308. The number of hydrogen-bond acceptors (Lipinski definition) is 2. The van der Waals surface area contributed by atoms with Crippen molar-refractivity contribution in [3.8, 4) is 0 Å². The van der Waals surface area contributed by atoms with Crippen LogP contribution in [0.2, 0.25) is 5.02 Å². The number of halogens is 2. The summed E-state index contributed by atoms with van der Waals surface area (Å²) in [4.78, 5) is 3.80. The Balaban J connectivity index is 2.81. The van der Waals surface area contributed by atoms with Gasteiger partial charge in [0.15, 0.2) is 0 Å². The largest absolute Gasteiger partial charge is 0.274 e. The first-order chi connectivity index (χ1) is 4.84. The molecule has 0 fully saturated rings. The van der Waals surface area contributed by atoms with Crippen LogP contribution in [0, 0.1) is 0 Å². The van der Waals surface area contributed by atoms with E-state index in [9.17, 15) is 0 Å². The lowest BCUT2D eigenvalue weighted by molar-refractivity contribution is 0.341. The van der Waals surface area contributed by atoms with Crippen molar-refractivity contribution in [2.24, 2.45) is 0 Å². The highest BCUT2D eigenvalue weighted by Gasteiger charge is 1.97. The summed E-state index contributed by atoms with van der Waals surface area (Å²) in [6, 6.07) is 1.75. The van der Waals surface area contributed by atoms with Crippen molar-refractivity contribution in [3.05, 3.63) is 29.0 Å². The van der Waals surface area contributed by atoms with Gasteiger partial charge < -0.3 is 0 Å². The summed E-state index contributed by atoms with van der Waals surface area (Å²) in [6.07, 6.45) is 3.18. The molecule has 0 aliphatic carbocycles. The average molecular weight is 178 g/mol. The van der Waals surface area contributed by atoms with Gasteiger partial charge in [0.25, 0.3) is 0 Å². The Kier molecular flexibility index (Phi) is 2.93. The molecule has 1 rings (SSSR count). The van der Waals surface area contributed by atoms with Crippen LogP contribution in [-0.2, 0) is 10.9 Å². The zero-order valence-corrected chi connectivity index (χ0v) is 6.56. The third-order valence-electron chi connectivity index (χ3n) is 1.07. The van der Waals surface area contributed by atoms with Crippen LogP contribution < -0.4 is 0 Å². The molecule has 0 spiro atoms. The number of pyridine rings is 1. The summed E-state index contributed by atoms with van der Waals surface area (Å²) in [6.45, 7) is 0.308. The van der Waals surface area contributed by atoms with Crippen molar-refractivity contribution in [1.29, 1.82) is 0 Å². The molecule has 4 heteroatoms. The van der Waals surface area contributed by atoms with Gasteiger partial charge in [-0.1, -0.05) is 11.6 Å². The second-order valence-electron chi connectivity index (χ2n) is 1.72. The topological polar surface area (TPSA) is 22.1 Å². The van der Waals surface area contributed by atoms with Crippen LogP contribution in [0.15, 0.2) is 18.5 Å². The van der Waals surface area contributed by atoms with Gasteiger partial charge in [-0.05, 0) is 6.07 Å². The molecule has 0 saturated carbocycles. The van der Waals surface area contributed by atoms with E-state index in [0.717, 1.165) is 5.56 Å². The van der Waals surface area contributed by atoms with Gasteiger partial charge in [-0.15, -0.1) is 0 Å². The summed E-state index contributed by atoms with van der Waals surface area (Å²) in [5.41, 5.74) is 0.840. The molecule has 1 aromatic rings. The lowest BCUT2D eigenvalue weighted by Crippen LogP contribution is -1.85. The lowest BCUT2D eigenvalue weighted by atomic mass is 10.3. The van der Waals surface area contributed by atoms with Gasteiger partial charge in [0.05, 0.1) is 23.5 Å². The third-order valence-corrected chi connectivity index (χ3v) is 1.52. The maximum absolute atomic E-state index is 5.70. The Morgan fingerprint density at radius 3 is 3.00 bits per heavy atom. The Morgan fingerprint density at radius 1 is 1.60 bits per heavy atom. The van der Waals surface area contributed by atoms with E-state index >= 15 is 0 Å². The molecule has 0 aliphatic rings. The smallest absolute Gasteiger partial charge is 0.0948 e.